The summed E-state index contributed by atoms with van der Waals surface area (Å²) in [6.07, 6.45) is 0.108. The number of hydrogen-bond donors (Lipinski definition) is 2. The Morgan fingerprint density at radius 3 is 3.07 bits per heavy atom. The number of amides is 1. The van der Waals surface area contributed by atoms with E-state index in [4.69, 9.17) is 0 Å². The molecule has 1 amide bonds. The number of carbonyl (C=O) groups excluding carboxylic acids is 2. The van der Waals surface area contributed by atoms with E-state index in [2.05, 4.69) is 14.8 Å². The summed E-state index contributed by atoms with van der Waals surface area (Å²) in [5, 5.41) is 11.7. The Bertz CT molecular complexity index is 242. The van der Waals surface area contributed by atoms with Crippen LogP contribution >= 0.6 is 0 Å². The maximum absolute atomic E-state index is 10.9. The first-order valence-electron chi connectivity index (χ1n) is 4.45. The molecule has 0 aromatic carbocycles. The Morgan fingerprint density at radius 1 is 1.79 bits per heavy atom. The Hall–Kier alpha value is -1.30. The number of carbonyl (C=O) groups is 2. The molecule has 14 heavy (non-hydrogen) atoms. The van der Waals surface area contributed by atoms with Gasteiger partial charge in [-0.05, 0) is 13.3 Å². The van der Waals surface area contributed by atoms with Crippen molar-refractivity contribution in [3.8, 4) is 0 Å². The van der Waals surface area contributed by atoms with Crippen LogP contribution in [0.15, 0.2) is 0 Å². The standard InChI is InChI=1S/C8H13NO5/c1-2-13-7(11)9-8(12)5-3-4-6(10)14-8/h12H,2-5H2,1H3,(H,9,11). The molecule has 0 radical (unpaired) electrons. The summed E-state index contributed by atoms with van der Waals surface area (Å²) in [6.45, 7) is 1.83. The summed E-state index contributed by atoms with van der Waals surface area (Å²) < 4.78 is 9.14. The van der Waals surface area contributed by atoms with Gasteiger partial charge in [0.15, 0.2) is 0 Å². The second-order valence-corrected chi connectivity index (χ2v) is 2.96. The molecule has 2 N–H and O–H groups in total. The number of ether oxygens (including phenoxy) is 2. The van der Waals surface area contributed by atoms with Crippen LogP contribution in [0.25, 0.3) is 0 Å². The van der Waals surface area contributed by atoms with Crippen molar-refractivity contribution in [2.24, 2.45) is 0 Å². The van der Waals surface area contributed by atoms with Crippen molar-refractivity contribution < 1.29 is 24.2 Å². The van der Waals surface area contributed by atoms with Gasteiger partial charge in [-0.15, -0.1) is 0 Å². The third kappa shape index (κ3) is 2.88. The van der Waals surface area contributed by atoms with Crippen LogP contribution in [0.3, 0.4) is 0 Å². The summed E-state index contributed by atoms with van der Waals surface area (Å²) in [7, 11) is 0. The molecule has 80 valence electrons. The zero-order valence-corrected chi connectivity index (χ0v) is 7.91. The van der Waals surface area contributed by atoms with Crippen molar-refractivity contribution in [1.82, 2.24) is 5.32 Å². The van der Waals surface area contributed by atoms with E-state index in [0.29, 0.717) is 6.42 Å². The lowest BCUT2D eigenvalue weighted by molar-refractivity contribution is -0.232. The van der Waals surface area contributed by atoms with Crippen LogP contribution in [0.4, 0.5) is 4.79 Å². The molecule has 0 bridgehead atoms. The summed E-state index contributed by atoms with van der Waals surface area (Å²) in [5.74, 6) is -2.43. The van der Waals surface area contributed by atoms with Gasteiger partial charge in [-0.25, -0.2) is 4.79 Å². The van der Waals surface area contributed by atoms with Gasteiger partial charge in [0.2, 0.25) is 0 Å². The third-order valence-corrected chi connectivity index (χ3v) is 1.75. The molecule has 1 aliphatic rings. The normalized spacial score (nSPS) is 26.6. The zero-order valence-electron chi connectivity index (χ0n) is 7.91. The maximum Gasteiger partial charge on any atom is 0.412 e. The van der Waals surface area contributed by atoms with Crippen LogP contribution in [0.5, 0.6) is 0 Å². The highest BCUT2D eigenvalue weighted by Gasteiger charge is 2.37. The Balaban J connectivity index is 2.48. The molecule has 6 nitrogen and oxygen atoms in total. The van der Waals surface area contributed by atoms with Crippen molar-refractivity contribution in [2.75, 3.05) is 6.61 Å². The molecule has 1 atom stereocenters. The smallest absolute Gasteiger partial charge is 0.412 e. The van der Waals surface area contributed by atoms with Gasteiger partial charge in [0.1, 0.15) is 0 Å². The highest BCUT2D eigenvalue weighted by molar-refractivity contribution is 5.72. The monoisotopic (exact) mass is 203 g/mol. The van der Waals surface area contributed by atoms with Gasteiger partial charge in [-0.2, -0.15) is 0 Å². The second kappa shape index (κ2) is 4.28. The predicted molar refractivity (Wildman–Crippen MR) is 45.1 cm³/mol. The lowest BCUT2D eigenvalue weighted by Gasteiger charge is -2.31. The number of alkyl carbamates (subject to hydrolysis) is 1. The van der Waals surface area contributed by atoms with Gasteiger partial charge in [0.05, 0.1) is 6.61 Å². The topological polar surface area (TPSA) is 84.9 Å². The van der Waals surface area contributed by atoms with Gasteiger partial charge in [-0.1, -0.05) is 0 Å². The quantitative estimate of drug-likeness (QED) is 0.491. The molecule has 0 saturated carbocycles. The van der Waals surface area contributed by atoms with E-state index in [-0.39, 0.29) is 19.4 Å². The minimum Gasteiger partial charge on any atom is -0.450 e. The first kappa shape index (κ1) is 10.8. The number of aliphatic hydroxyl groups is 1. The van der Waals surface area contributed by atoms with Crippen LogP contribution in [0.2, 0.25) is 0 Å². The third-order valence-electron chi connectivity index (χ3n) is 1.75. The SMILES string of the molecule is CCOC(=O)NC1(O)CCCC(=O)O1. The Labute approximate surface area is 81.2 Å². The van der Waals surface area contributed by atoms with E-state index in [1.165, 1.54) is 0 Å². The van der Waals surface area contributed by atoms with Gasteiger partial charge in [0.25, 0.3) is 5.91 Å². The molecule has 6 heteroatoms. The largest absolute Gasteiger partial charge is 0.450 e. The van der Waals surface area contributed by atoms with Crippen molar-refractivity contribution in [2.45, 2.75) is 32.1 Å². The lowest BCUT2D eigenvalue weighted by atomic mass is 10.1. The number of hydrogen-bond acceptors (Lipinski definition) is 5. The minimum atomic E-state index is -1.90. The summed E-state index contributed by atoms with van der Waals surface area (Å²) in [5.41, 5.74) is 0. The summed E-state index contributed by atoms with van der Waals surface area (Å²) in [4.78, 5) is 21.8. The van der Waals surface area contributed by atoms with E-state index in [9.17, 15) is 14.7 Å². The van der Waals surface area contributed by atoms with E-state index >= 15 is 0 Å². The molecule has 0 aliphatic carbocycles. The Morgan fingerprint density at radius 2 is 2.50 bits per heavy atom. The van der Waals surface area contributed by atoms with Crippen LogP contribution in [-0.4, -0.2) is 29.7 Å². The molecular formula is C8H13NO5. The molecule has 1 rings (SSSR count). The lowest BCUT2D eigenvalue weighted by Crippen LogP contribution is -2.53. The second-order valence-electron chi connectivity index (χ2n) is 2.96. The summed E-state index contributed by atoms with van der Waals surface area (Å²) in [6, 6.07) is 0. The fourth-order valence-electron chi connectivity index (χ4n) is 1.18. The van der Waals surface area contributed by atoms with Gasteiger partial charge in [0, 0.05) is 12.8 Å². The number of cyclic esters (lactones) is 1. The molecule has 1 heterocycles. The highest BCUT2D eigenvalue weighted by Crippen LogP contribution is 2.20. The number of nitrogens with one attached hydrogen (secondary N) is 1. The van der Waals surface area contributed by atoms with E-state index in [0.717, 1.165) is 0 Å². The fourth-order valence-corrected chi connectivity index (χ4v) is 1.18. The highest BCUT2D eigenvalue weighted by atomic mass is 16.7. The first-order chi connectivity index (χ1) is 6.56. The zero-order chi connectivity index (χ0) is 10.6. The molecule has 1 aliphatic heterocycles. The van der Waals surface area contributed by atoms with Crippen molar-refractivity contribution in [3.63, 3.8) is 0 Å². The molecule has 1 unspecified atom stereocenters. The number of esters is 1. The van der Waals surface area contributed by atoms with Gasteiger partial charge >= 0.3 is 12.1 Å². The van der Waals surface area contributed by atoms with Crippen LogP contribution in [0.1, 0.15) is 26.2 Å². The van der Waals surface area contributed by atoms with E-state index in [1.807, 2.05) is 0 Å². The molecular weight excluding hydrogens is 190 g/mol. The minimum absolute atomic E-state index is 0.178. The van der Waals surface area contributed by atoms with Crippen LogP contribution in [-0.2, 0) is 14.3 Å². The molecule has 0 spiro atoms. The van der Waals surface area contributed by atoms with Gasteiger partial charge < -0.3 is 14.6 Å². The van der Waals surface area contributed by atoms with Crippen molar-refractivity contribution in [3.05, 3.63) is 0 Å². The molecule has 1 saturated heterocycles. The maximum atomic E-state index is 10.9. The molecule has 0 aromatic rings. The average Bonchev–Trinajstić information content (AvgIpc) is 2.02. The summed E-state index contributed by atoms with van der Waals surface area (Å²) >= 11 is 0. The van der Waals surface area contributed by atoms with Gasteiger partial charge in [-0.3, -0.25) is 10.1 Å². The van der Waals surface area contributed by atoms with E-state index < -0.39 is 18.0 Å². The fraction of sp³-hybridized carbons (Fsp3) is 0.750. The predicted octanol–water partition coefficient (Wildman–Crippen LogP) is 0.106. The Kier molecular flexibility index (Phi) is 3.29. The number of rotatable bonds is 2. The molecule has 1 fully saturated rings. The molecule has 0 aromatic heterocycles. The van der Waals surface area contributed by atoms with Crippen LogP contribution < -0.4 is 5.32 Å². The van der Waals surface area contributed by atoms with E-state index in [1.54, 1.807) is 6.92 Å². The van der Waals surface area contributed by atoms with Crippen molar-refractivity contribution in [1.29, 1.82) is 0 Å². The van der Waals surface area contributed by atoms with Crippen molar-refractivity contribution >= 4 is 12.1 Å². The van der Waals surface area contributed by atoms with Crippen LogP contribution in [0, 0.1) is 0 Å². The average molecular weight is 203 g/mol. The first-order valence-corrected chi connectivity index (χ1v) is 4.45.